The van der Waals surface area contributed by atoms with Crippen LogP contribution in [0.25, 0.3) is 5.69 Å². The van der Waals surface area contributed by atoms with Crippen LogP contribution in [0.1, 0.15) is 36.8 Å². The highest BCUT2D eigenvalue weighted by Gasteiger charge is 2.46. The standard InChI is InChI=1S/C24H27N5S/c1-4-17-16-30-24-26-22(20-8-5-6-14-25-20)23(29(17)24)21-9-7-15-28(21)19-12-10-18(11-13-19)27(2)3/h5-15,17,22-23H,4,16H2,1-3H3/t17-,22-,23+/m1/s1. The second kappa shape index (κ2) is 7.84. The van der Waals surface area contributed by atoms with Gasteiger partial charge in [0.15, 0.2) is 5.17 Å². The molecule has 1 fully saturated rings. The van der Waals surface area contributed by atoms with E-state index >= 15 is 0 Å². The third-order valence-corrected chi connectivity index (χ3v) is 7.18. The molecule has 30 heavy (non-hydrogen) atoms. The molecule has 1 saturated heterocycles. The summed E-state index contributed by atoms with van der Waals surface area (Å²) in [5.41, 5.74) is 4.68. The number of nitrogens with zero attached hydrogens (tertiary/aromatic N) is 5. The van der Waals surface area contributed by atoms with Gasteiger partial charge in [-0.2, -0.15) is 0 Å². The Balaban J connectivity index is 1.58. The van der Waals surface area contributed by atoms with E-state index in [2.05, 4.69) is 95.1 Å². The second-order valence-corrected chi connectivity index (χ2v) is 9.04. The van der Waals surface area contributed by atoms with Gasteiger partial charge < -0.3 is 14.4 Å². The van der Waals surface area contributed by atoms with Crippen LogP contribution < -0.4 is 4.90 Å². The molecular formula is C24H27N5S. The first-order valence-electron chi connectivity index (χ1n) is 10.5. The average Bonchev–Trinajstić information content (AvgIpc) is 3.49. The fraction of sp³-hybridized carbons (Fsp3) is 0.333. The molecule has 0 bridgehead atoms. The maximum Gasteiger partial charge on any atom is 0.160 e. The summed E-state index contributed by atoms with van der Waals surface area (Å²) in [6.07, 6.45) is 5.16. The normalized spacial score (nSPS) is 22.8. The number of hydrogen-bond donors (Lipinski definition) is 0. The van der Waals surface area contributed by atoms with E-state index in [1.54, 1.807) is 0 Å². The SMILES string of the molecule is CC[C@@H]1CSC2=N[C@H](c3ccccn3)[C@H](c3cccn3-c3ccc(N(C)C)cc3)N21. The number of pyridine rings is 1. The molecule has 2 aliphatic rings. The third kappa shape index (κ3) is 3.19. The maximum atomic E-state index is 5.15. The van der Waals surface area contributed by atoms with Gasteiger partial charge in [0.2, 0.25) is 0 Å². The zero-order chi connectivity index (χ0) is 20.7. The summed E-state index contributed by atoms with van der Waals surface area (Å²) < 4.78 is 2.31. The van der Waals surface area contributed by atoms with E-state index in [0.29, 0.717) is 6.04 Å². The van der Waals surface area contributed by atoms with Gasteiger partial charge in [0.05, 0.1) is 5.69 Å². The van der Waals surface area contributed by atoms with E-state index in [1.807, 2.05) is 24.0 Å². The number of amidine groups is 1. The van der Waals surface area contributed by atoms with Crippen LogP contribution in [0.5, 0.6) is 0 Å². The van der Waals surface area contributed by atoms with Crippen molar-refractivity contribution in [2.45, 2.75) is 31.5 Å². The van der Waals surface area contributed by atoms with Crippen molar-refractivity contribution >= 4 is 22.6 Å². The lowest BCUT2D eigenvalue weighted by Gasteiger charge is -2.32. The van der Waals surface area contributed by atoms with Gasteiger partial charge in [-0.3, -0.25) is 9.98 Å². The summed E-state index contributed by atoms with van der Waals surface area (Å²) in [7, 11) is 4.14. The highest BCUT2D eigenvalue weighted by molar-refractivity contribution is 8.14. The van der Waals surface area contributed by atoms with Crippen molar-refractivity contribution in [2.75, 3.05) is 24.7 Å². The van der Waals surface area contributed by atoms with Gasteiger partial charge in [-0.05, 0) is 55.0 Å². The Morgan fingerprint density at radius 1 is 1.07 bits per heavy atom. The van der Waals surface area contributed by atoms with Gasteiger partial charge in [-0.15, -0.1) is 0 Å². The molecule has 0 aliphatic carbocycles. The molecule has 0 amide bonds. The summed E-state index contributed by atoms with van der Waals surface area (Å²) in [5.74, 6) is 1.11. The molecule has 0 N–H and O–H groups in total. The third-order valence-electron chi connectivity index (χ3n) is 6.06. The molecule has 0 saturated carbocycles. The summed E-state index contributed by atoms with van der Waals surface area (Å²) in [4.78, 5) is 14.5. The average molecular weight is 418 g/mol. The van der Waals surface area contributed by atoms with Gasteiger partial charge >= 0.3 is 0 Å². The van der Waals surface area contributed by atoms with E-state index in [1.165, 1.54) is 22.2 Å². The fourth-order valence-electron chi connectivity index (χ4n) is 4.45. The summed E-state index contributed by atoms with van der Waals surface area (Å²) in [6, 6.07) is 19.9. The number of rotatable bonds is 5. The Morgan fingerprint density at radius 3 is 2.60 bits per heavy atom. The van der Waals surface area contributed by atoms with Crippen molar-refractivity contribution in [2.24, 2.45) is 4.99 Å². The molecule has 1 aromatic carbocycles. The van der Waals surface area contributed by atoms with Gasteiger partial charge in [0.25, 0.3) is 0 Å². The molecule has 3 aromatic rings. The van der Waals surface area contributed by atoms with Crippen LogP contribution in [0.4, 0.5) is 5.69 Å². The molecule has 5 rings (SSSR count). The minimum atomic E-state index is 0.0118. The summed E-state index contributed by atoms with van der Waals surface area (Å²) in [5, 5.41) is 1.17. The smallest absolute Gasteiger partial charge is 0.160 e. The number of aromatic nitrogens is 2. The van der Waals surface area contributed by atoms with E-state index < -0.39 is 0 Å². The Morgan fingerprint density at radius 2 is 1.90 bits per heavy atom. The van der Waals surface area contributed by atoms with Crippen LogP contribution in [0.2, 0.25) is 0 Å². The quantitative estimate of drug-likeness (QED) is 0.591. The molecule has 2 aromatic heterocycles. The van der Waals surface area contributed by atoms with Crippen LogP contribution in [-0.2, 0) is 0 Å². The summed E-state index contributed by atoms with van der Waals surface area (Å²) >= 11 is 1.89. The summed E-state index contributed by atoms with van der Waals surface area (Å²) in [6.45, 7) is 2.28. The lowest BCUT2D eigenvalue weighted by molar-refractivity contribution is 0.249. The predicted molar refractivity (Wildman–Crippen MR) is 126 cm³/mol. The van der Waals surface area contributed by atoms with Gasteiger partial charge in [-0.25, -0.2) is 0 Å². The Bertz CT molecular complexity index is 1040. The molecule has 0 radical (unpaired) electrons. The minimum absolute atomic E-state index is 0.0118. The predicted octanol–water partition coefficient (Wildman–Crippen LogP) is 4.92. The number of hydrogen-bond acceptors (Lipinski definition) is 5. The number of fused-ring (bicyclic) bond motifs is 1. The van der Waals surface area contributed by atoms with Gasteiger partial charge in [0.1, 0.15) is 12.1 Å². The zero-order valence-electron chi connectivity index (χ0n) is 17.6. The van der Waals surface area contributed by atoms with Crippen molar-refractivity contribution in [3.63, 3.8) is 0 Å². The first kappa shape index (κ1) is 19.2. The molecule has 4 heterocycles. The molecule has 5 nitrogen and oxygen atoms in total. The van der Waals surface area contributed by atoms with Crippen LogP contribution >= 0.6 is 11.8 Å². The monoisotopic (exact) mass is 417 g/mol. The number of aliphatic imine (C=N–C) groups is 1. The van der Waals surface area contributed by atoms with Crippen molar-refractivity contribution in [3.05, 3.63) is 78.4 Å². The molecule has 0 spiro atoms. The highest BCUT2D eigenvalue weighted by atomic mass is 32.2. The highest BCUT2D eigenvalue weighted by Crippen LogP contribution is 2.48. The van der Waals surface area contributed by atoms with Crippen molar-refractivity contribution in [3.8, 4) is 5.69 Å². The van der Waals surface area contributed by atoms with Crippen LogP contribution in [0.15, 0.2) is 72.0 Å². The van der Waals surface area contributed by atoms with Crippen molar-refractivity contribution in [1.29, 1.82) is 0 Å². The van der Waals surface area contributed by atoms with E-state index in [-0.39, 0.29) is 12.1 Å². The number of anilines is 1. The van der Waals surface area contributed by atoms with Crippen LogP contribution in [-0.4, -0.2) is 45.5 Å². The van der Waals surface area contributed by atoms with Gasteiger partial charge in [0, 0.05) is 55.4 Å². The van der Waals surface area contributed by atoms with E-state index in [0.717, 1.165) is 17.9 Å². The Hall–Kier alpha value is -2.73. The Kier molecular flexibility index (Phi) is 5.03. The number of thioether (sulfide) groups is 1. The largest absolute Gasteiger partial charge is 0.378 e. The van der Waals surface area contributed by atoms with Gasteiger partial charge in [-0.1, -0.05) is 24.8 Å². The first-order chi connectivity index (χ1) is 14.7. The Labute approximate surface area is 182 Å². The zero-order valence-corrected chi connectivity index (χ0v) is 18.5. The minimum Gasteiger partial charge on any atom is -0.378 e. The molecule has 6 heteroatoms. The topological polar surface area (TPSA) is 36.7 Å². The van der Waals surface area contributed by atoms with Crippen LogP contribution in [0, 0.1) is 0 Å². The van der Waals surface area contributed by atoms with Crippen molar-refractivity contribution < 1.29 is 0 Å². The molecule has 154 valence electrons. The van der Waals surface area contributed by atoms with E-state index in [9.17, 15) is 0 Å². The molecular weight excluding hydrogens is 390 g/mol. The maximum absolute atomic E-state index is 5.15. The second-order valence-electron chi connectivity index (χ2n) is 8.05. The fourth-order valence-corrected chi connectivity index (χ4v) is 5.79. The van der Waals surface area contributed by atoms with E-state index in [4.69, 9.17) is 4.99 Å². The van der Waals surface area contributed by atoms with Crippen LogP contribution in [0.3, 0.4) is 0 Å². The lowest BCUT2D eigenvalue weighted by Crippen LogP contribution is -2.36. The molecule has 2 aliphatic heterocycles. The molecule has 3 atom stereocenters. The van der Waals surface area contributed by atoms with Crippen molar-refractivity contribution in [1.82, 2.24) is 14.5 Å². The number of benzene rings is 1. The first-order valence-corrected chi connectivity index (χ1v) is 11.5. The lowest BCUT2D eigenvalue weighted by atomic mass is 9.99. The molecule has 0 unspecified atom stereocenters.